The molecule has 0 unspecified atom stereocenters. The quantitative estimate of drug-likeness (QED) is 0.695. The van der Waals surface area contributed by atoms with Crippen molar-refractivity contribution in [1.82, 2.24) is 0 Å². The number of Topliss-reactive ketones (excluding diaryl/α,β-unsaturated/α-hetero) is 1. The van der Waals surface area contributed by atoms with Crippen molar-refractivity contribution in [2.75, 3.05) is 4.72 Å². The first kappa shape index (κ1) is 16.9. The van der Waals surface area contributed by atoms with Crippen LogP contribution in [0.15, 0.2) is 83.8 Å². The van der Waals surface area contributed by atoms with Crippen LogP contribution < -0.4 is 4.72 Å². The van der Waals surface area contributed by atoms with Gasteiger partial charge in [0.2, 0.25) is 0 Å². The van der Waals surface area contributed by atoms with E-state index in [2.05, 4.69) is 4.72 Å². The van der Waals surface area contributed by atoms with E-state index in [1.54, 1.807) is 12.1 Å². The van der Waals surface area contributed by atoms with Crippen molar-refractivity contribution >= 4 is 21.5 Å². The Morgan fingerprint density at radius 3 is 2.04 bits per heavy atom. The summed E-state index contributed by atoms with van der Waals surface area (Å²) in [4.78, 5) is 11.4. The van der Waals surface area contributed by atoms with Gasteiger partial charge in [-0.25, -0.2) is 8.42 Å². The number of para-hydroxylation sites is 1. The minimum absolute atomic E-state index is 0.105. The Kier molecular flexibility index (Phi) is 4.67. The standard InChI is InChI=1S/C20H17NO3S/c1-15(22)16-11-13-18(14-12-16)25(23,24)21-20-10-6-5-9-19(20)17-7-3-2-4-8-17/h2-14,21H,1H3. The molecule has 126 valence electrons. The van der Waals surface area contributed by atoms with E-state index < -0.39 is 10.0 Å². The van der Waals surface area contributed by atoms with Gasteiger partial charge in [-0.05, 0) is 30.7 Å². The number of sulfonamides is 1. The minimum Gasteiger partial charge on any atom is -0.295 e. The van der Waals surface area contributed by atoms with Crippen molar-refractivity contribution in [3.8, 4) is 11.1 Å². The number of carbonyl (C=O) groups excluding carboxylic acids is 1. The molecule has 0 aliphatic carbocycles. The zero-order valence-corrected chi connectivity index (χ0v) is 14.5. The van der Waals surface area contributed by atoms with E-state index in [0.29, 0.717) is 11.3 Å². The topological polar surface area (TPSA) is 63.2 Å². The molecule has 0 aromatic heterocycles. The second kappa shape index (κ2) is 6.91. The number of ketones is 1. The van der Waals surface area contributed by atoms with Crippen molar-refractivity contribution in [3.63, 3.8) is 0 Å². The van der Waals surface area contributed by atoms with Crippen LogP contribution in [0, 0.1) is 0 Å². The second-order valence-electron chi connectivity index (χ2n) is 5.60. The van der Waals surface area contributed by atoms with Gasteiger partial charge in [-0.2, -0.15) is 0 Å². The highest BCUT2D eigenvalue weighted by atomic mass is 32.2. The van der Waals surface area contributed by atoms with Crippen molar-refractivity contribution in [1.29, 1.82) is 0 Å². The highest BCUT2D eigenvalue weighted by Gasteiger charge is 2.16. The molecule has 3 aromatic carbocycles. The molecule has 0 amide bonds. The molecule has 0 radical (unpaired) electrons. The molecule has 0 saturated carbocycles. The van der Waals surface area contributed by atoms with E-state index >= 15 is 0 Å². The largest absolute Gasteiger partial charge is 0.295 e. The van der Waals surface area contributed by atoms with Gasteiger partial charge in [0.05, 0.1) is 10.6 Å². The minimum atomic E-state index is -3.75. The lowest BCUT2D eigenvalue weighted by molar-refractivity contribution is 0.101. The first-order valence-electron chi connectivity index (χ1n) is 7.76. The van der Waals surface area contributed by atoms with Gasteiger partial charge >= 0.3 is 0 Å². The summed E-state index contributed by atoms with van der Waals surface area (Å²) in [6.07, 6.45) is 0. The zero-order valence-electron chi connectivity index (χ0n) is 13.6. The first-order valence-corrected chi connectivity index (χ1v) is 9.24. The van der Waals surface area contributed by atoms with E-state index in [1.165, 1.54) is 31.2 Å². The van der Waals surface area contributed by atoms with E-state index in [-0.39, 0.29) is 10.7 Å². The fourth-order valence-corrected chi connectivity index (χ4v) is 3.59. The molecule has 1 N–H and O–H groups in total. The van der Waals surface area contributed by atoms with Crippen LogP contribution in [0.1, 0.15) is 17.3 Å². The molecule has 0 aliphatic heterocycles. The molecule has 25 heavy (non-hydrogen) atoms. The number of nitrogens with one attached hydrogen (secondary N) is 1. The third-order valence-electron chi connectivity index (χ3n) is 3.83. The van der Waals surface area contributed by atoms with E-state index in [1.807, 2.05) is 42.5 Å². The first-order chi connectivity index (χ1) is 12.0. The summed E-state index contributed by atoms with van der Waals surface area (Å²) in [5.74, 6) is -0.105. The smallest absolute Gasteiger partial charge is 0.261 e. The third kappa shape index (κ3) is 3.78. The van der Waals surface area contributed by atoms with Crippen LogP contribution in [0.4, 0.5) is 5.69 Å². The number of carbonyl (C=O) groups is 1. The summed E-state index contributed by atoms with van der Waals surface area (Å²) < 4.78 is 28.0. The summed E-state index contributed by atoms with van der Waals surface area (Å²) >= 11 is 0. The van der Waals surface area contributed by atoms with Gasteiger partial charge in [-0.3, -0.25) is 9.52 Å². The maximum atomic E-state index is 12.7. The Bertz CT molecular complexity index is 995. The molecule has 0 bridgehead atoms. The molecule has 3 aromatic rings. The summed E-state index contributed by atoms with van der Waals surface area (Å²) in [7, 11) is -3.75. The van der Waals surface area contributed by atoms with Gasteiger partial charge in [0.1, 0.15) is 0 Å². The number of hydrogen-bond donors (Lipinski definition) is 1. The molecule has 0 atom stereocenters. The van der Waals surface area contributed by atoms with Gasteiger partial charge in [0.25, 0.3) is 10.0 Å². The van der Waals surface area contributed by atoms with E-state index in [9.17, 15) is 13.2 Å². The highest BCUT2D eigenvalue weighted by molar-refractivity contribution is 7.92. The molecular weight excluding hydrogens is 334 g/mol. The van der Waals surface area contributed by atoms with Crippen molar-refractivity contribution in [3.05, 3.63) is 84.4 Å². The fraction of sp³-hybridized carbons (Fsp3) is 0.0500. The maximum absolute atomic E-state index is 12.7. The lowest BCUT2D eigenvalue weighted by atomic mass is 10.0. The molecule has 0 heterocycles. The van der Waals surface area contributed by atoms with Crippen LogP contribution >= 0.6 is 0 Å². The van der Waals surface area contributed by atoms with Gasteiger partial charge in [0.15, 0.2) is 5.78 Å². The van der Waals surface area contributed by atoms with Crippen LogP contribution in [0.3, 0.4) is 0 Å². The summed E-state index contributed by atoms with van der Waals surface area (Å²) in [6.45, 7) is 1.44. The van der Waals surface area contributed by atoms with Gasteiger partial charge in [0, 0.05) is 11.1 Å². The normalized spacial score (nSPS) is 11.1. The van der Waals surface area contributed by atoms with Crippen LogP contribution in [0.5, 0.6) is 0 Å². The number of rotatable bonds is 5. The lowest BCUT2D eigenvalue weighted by Crippen LogP contribution is -2.13. The Labute approximate surface area is 147 Å². The highest BCUT2D eigenvalue weighted by Crippen LogP contribution is 2.29. The van der Waals surface area contributed by atoms with Gasteiger partial charge in [-0.15, -0.1) is 0 Å². The van der Waals surface area contributed by atoms with Crippen LogP contribution in [-0.4, -0.2) is 14.2 Å². The lowest BCUT2D eigenvalue weighted by Gasteiger charge is -2.13. The van der Waals surface area contributed by atoms with Crippen LogP contribution in [-0.2, 0) is 10.0 Å². The predicted molar refractivity (Wildman–Crippen MR) is 99.1 cm³/mol. The zero-order chi connectivity index (χ0) is 17.9. The second-order valence-corrected chi connectivity index (χ2v) is 7.28. The van der Waals surface area contributed by atoms with Gasteiger partial charge < -0.3 is 0 Å². The van der Waals surface area contributed by atoms with Crippen molar-refractivity contribution in [2.24, 2.45) is 0 Å². The number of anilines is 1. The number of hydrogen-bond acceptors (Lipinski definition) is 3. The van der Waals surface area contributed by atoms with Crippen LogP contribution in [0.25, 0.3) is 11.1 Å². The Hall–Kier alpha value is -2.92. The molecule has 0 fully saturated rings. The summed E-state index contributed by atoms with van der Waals surface area (Å²) in [5.41, 5.74) is 2.70. The predicted octanol–water partition coefficient (Wildman–Crippen LogP) is 4.36. The van der Waals surface area contributed by atoms with E-state index in [0.717, 1.165) is 11.1 Å². The Morgan fingerprint density at radius 2 is 1.40 bits per heavy atom. The molecule has 4 nitrogen and oxygen atoms in total. The summed E-state index contributed by atoms with van der Waals surface area (Å²) in [5, 5.41) is 0. The molecular formula is C20H17NO3S. The van der Waals surface area contributed by atoms with Crippen LogP contribution in [0.2, 0.25) is 0 Å². The average Bonchev–Trinajstić information content (AvgIpc) is 2.63. The Morgan fingerprint density at radius 1 is 0.800 bits per heavy atom. The SMILES string of the molecule is CC(=O)c1ccc(S(=O)(=O)Nc2ccccc2-c2ccccc2)cc1. The third-order valence-corrected chi connectivity index (χ3v) is 5.21. The van der Waals surface area contributed by atoms with Gasteiger partial charge in [-0.1, -0.05) is 60.7 Å². The monoisotopic (exact) mass is 351 g/mol. The fourth-order valence-electron chi connectivity index (χ4n) is 2.51. The number of benzene rings is 3. The maximum Gasteiger partial charge on any atom is 0.261 e. The molecule has 0 spiro atoms. The average molecular weight is 351 g/mol. The molecule has 0 aliphatic rings. The van der Waals surface area contributed by atoms with Crippen molar-refractivity contribution < 1.29 is 13.2 Å². The Balaban J connectivity index is 1.95. The summed E-state index contributed by atoms with van der Waals surface area (Å²) in [6, 6.07) is 22.7. The molecule has 3 rings (SSSR count). The van der Waals surface area contributed by atoms with Crippen molar-refractivity contribution in [2.45, 2.75) is 11.8 Å². The molecule has 5 heteroatoms. The molecule has 0 saturated heterocycles. The van der Waals surface area contributed by atoms with E-state index in [4.69, 9.17) is 0 Å².